The first-order chi connectivity index (χ1) is 13.2. The van der Waals surface area contributed by atoms with Crippen molar-refractivity contribution < 1.29 is 19.1 Å². The van der Waals surface area contributed by atoms with Crippen LogP contribution in [0.1, 0.15) is 48.5 Å². The van der Waals surface area contributed by atoms with Crippen LogP contribution in [-0.4, -0.2) is 24.6 Å². The highest BCUT2D eigenvalue weighted by molar-refractivity contribution is 5.90. The van der Waals surface area contributed by atoms with Crippen LogP contribution in [0.4, 0.5) is 0 Å². The van der Waals surface area contributed by atoms with Gasteiger partial charge in [-0.15, -0.1) is 0 Å². The largest absolute Gasteiger partial charge is 0.465 e. The van der Waals surface area contributed by atoms with Gasteiger partial charge in [0.1, 0.15) is 11.5 Å². The Labute approximate surface area is 160 Å². The highest BCUT2D eigenvalue weighted by Gasteiger charge is 2.52. The van der Waals surface area contributed by atoms with Crippen molar-refractivity contribution in [1.29, 1.82) is 0 Å². The van der Waals surface area contributed by atoms with E-state index in [2.05, 4.69) is 12.1 Å². The minimum Gasteiger partial charge on any atom is -0.465 e. The number of carbonyl (C=O) groups excluding carboxylic acids is 2. The molecule has 0 N–H and O–H groups in total. The molecule has 1 aliphatic carbocycles. The maximum Gasteiger partial charge on any atom is 0.338 e. The lowest BCUT2D eigenvalue weighted by molar-refractivity contribution is -0.161. The summed E-state index contributed by atoms with van der Waals surface area (Å²) < 4.78 is 11.2. The number of hydrogen-bond donors (Lipinski definition) is 0. The van der Waals surface area contributed by atoms with Gasteiger partial charge in [0.2, 0.25) is 0 Å². The number of benzene rings is 2. The Balaban J connectivity index is 1.79. The van der Waals surface area contributed by atoms with E-state index in [4.69, 9.17) is 9.47 Å². The number of carbonyl (C=O) groups is 2. The first-order valence-electron chi connectivity index (χ1n) is 9.63. The summed E-state index contributed by atoms with van der Waals surface area (Å²) in [7, 11) is 0. The van der Waals surface area contributed by atoms with Crippen LogP contribution in [0.2, 0.25) is 0 Å². The monoisotopic (exact) mass is 366 g/mol. The van der Waals surface area contributed by atoms with E-state index in [9.17, 15) is 9.59 Å². The Kier molecular flexibility index (Phi) is 6.28. The highest BCUT2D eigenvalue weighted by Crippen LogP contribution is 2.45. The van der Waals surface area contributed by atoms with Crippen molar-refractivity contribution in [2.45, 2.75) is 45.1 Å². The van der Waals surface area contributed by atoms with Crippen LogP contribution >= 0.6 is 0 Å². The summed E-state index contributed by atoms with van der Waals surface area (Å²) in [6, 6.07) is 19.0. The Bertz CT molecular complexity index is 756. The zero-order valence-electron chi connectivity index (χ0n) is 15.7. The Morgan fingerprint density at radius 2 is 1.70 bits per heavy atom. The van der Waals surface area contributed by atoms with E-state index < -0.39 is 11.5 Å². The van der Waals surface area contributed by atoms with Gasteiger partial charge in [-0.1, -0.05) is 48.5 Å². The third-order valence-corrected chi connectivity index (χ3v) is 5.35. The molecule has 4 nitrogen and oxygen atoms in total. The molecule has 0 spiro atoms. The standard InChI is InChI=1S/C23H26O4/c1-2-26-22(25)23(17-15-18-10-5-3-6-11-18)16-9-14-20(23)27-21(24)19-12-7-4-8-13-19/h3-8,10-13,20H,2,9,14-17H2,1H3. The molecule has 0 saturated heterocycles. The molecule has 2 atom stereocenters. The van der Waals surface area contributed by atoms with Crippen molar-refractivity contribution >= 4 is 11.9 Å². The average molecular weight is 366 g/mol. The minimum atomic E-state index is -0.768. The molecule has 3 rings (SSSR count). The molecule has 2 aromatic carbocycles. The van der Waals surface area contributed by atoms with E-state index >= 15 is 0 Å². The lowest BCUT2D eigenvalue weighted by atomic mass is 9.78. The predicted octanol–water partition coefficient (Wildman–Crippen LogP) is 4.58. The summed E-state index contributed by atoms with van der Waals surface area (Å²) in [5, 5.41) is 0. The molecule has 0 amide bonds. The summed E-state index contributed by atoms with van der Waals surface area (Å²) in [6.45, 7) is 2.13. The van der Waals surface area contributed by atoms with Gasteiger partial charge in [-0.2, -0.15) is 0 Å². The third kappa shape index (κ3) is 4.38. The fourth-order valence-electron chi connectivity index (χ4n) is 3.89. The maximum absolute atomic E-state index is 12.9. The molecule has 142 valence electrons. The van der Waals surface area contributed by atoms with E-state index in [0.29, 0.717) is 31.4 Å². The molecule has 1 saturated carbocycles. The van der Waals surface area contributed by atoms with Gasteiger partial charge >= 0.3 is 11.9 Å². The molecule has 0 radical (unpaired) electrons. The molecule has 0 aromatic heterocycles. The summed E-state index contributed by atoms with van der Waals surface area (Å²) >= 11 is 0. The van der Waals surface area contributed by atoms with Crippen LogP contribution in [0.15, 0.2) is 60.7 Å². The van der Waals surface area contributed by atoms with Gasteiger partial charge in [-0.3, -0.25) is 4.79 Å². The molecule has 0 heterocycles. The molecule has 4 heteroatoms. The first-order valence-corrected chi connectivity index (χ1v) is 9.63. The smallest absolute Gasteiger partial charge is 0.338 e. The Hall–Kier alpha value is -2.62. The van der Waals surface area contributed by atoms with E-state index in [0.717, 1.165) is 12.8 Å². The van der Waals surface area contributed by atoms with Crippen molar-refractivity contribution in [3.63, 3.8) is 0 Å². The van der Waals surface area contributed by atoms with Gasteiger partial charge in [0.05, 0.1) is 12.2 Å². The highest BCUT2D eigenvalue weighted by atomic mass is 16.6. The molecule has 1 fully saturated rings. The number of hydrogen-bond acceptors (Lipinski definition) is 4. The second-order valence-corrected chi connectivity index (χ2v) is 7.01. The van der Waals surface area contributed by atoms with Crippen LogP contribution in [0, 0.1) is 5.41 Å². The summed E-state index contributed by atoms with van der Waals surface area (Å²) in [5.74, 6) is -0.625. The molecule has 27 heavy (non-hydrogen) atoms. The summed E-state index contributed by atoms with van der Waals surface area (Å²) in [5.41, 5.74) is 0.905. The molecule has 2 unspecified atom stereocenters. The van der Waals surface area contributed by atoms with Gasteiger partial charge in [0.25, 0.3) is 0 Å². The summed E-state index contributed by atoms with van der Waals surface area (Å²) in [6.07, 6.45) is 3.13. The number of rotatable bonds is 7. The van der Waals surface area contributed by atoms with Crippen molar-refractivity contribution in [2.75, 3.05) is 6.61 Å². The van der Waals surface area contributed by atoms with Gasteiger partial charge in [0.15, 0.2) is 0 Å². The first kappa shape index (κ1) is 19.2. The van der Waals surface area contributed by atoms with Gasteiger partial charge in [0, 0.05) is 0 Å². The van der Waals surface area contributed by atoms with Crippen molar-refractivity contribution in [3.8, 4) is 0 Å². The lowest BCUT2D eigenvalue weighted by Crippen LogP contribution is -2.42. The van der Waals surface area contributed by atoms with E-state index in [1.54, 1.807) is 24.3 Å². The minimum absolute atomic E-state index is 0.246. The zero-order chi connectivity index (χ0) is 19.1. The van der Waals surface area contributed by atoms with Crippen LogP contribution in [-0.2, 0) is 20.7 Å². The van der Waals surface area contributed by atoms with Gasteiger partial charge in [-0.25, -0.2) is 4.79 Å². The maximum atomic E-state index is 12.9. The van der Waals surface area contributed by atoms with E-state index in [1.165, 1.54) is 5.56 Å². The number of ether oxygens (including phenoxy) is 2. The molecule has 0 bridgehead atoms. The normalized spacial score (nSPS) is 21.6. The van der Waals surface area contributed by atoms with Crippen molar-refractivity contribution in [1.82, 2.24) is 0 Å². The van der Waals surface area contributed by atoms with Gasteiger partial charge < -0.3 is 9.47 Å². The topological polar surface area (TPSA) is 52.6 Å². The fraction of sp³-hybridized carbons (Fsp3) is 0.391. The van der Waals surface area contributed by atoms with E-state index in [-0.39, 0.29) is 11.9 Å². The Morgan fingerprint density at radius 3 is 2.37 bits per heavy atom. The lowest BCUT2D eigenvalue weighted by Gasteiger charge is -2.32. The Morgan fingerprint density at radius 1 is 1.04 bits per heavy atom. The molecule has 2 aromatic rings. The number of aryl methyl sites for hydroxylation is 1. The quantitative estimate of drug-likeness (QED) is 0.673. The average Bonchev–Trinajstić information content (AvgIpc) is 3.11. The van der Waals surface area contributed by atoms with Crippen molar-refractivity contribution in [3.05, 3.63) is 71.8 Å². The third-order valence-electron chi connectivity index (χ3n) is 5.35. The SMILES string of the molecule is CCOC(=O)C1(CCc2ccccc2)CCCC1OC(=O)c1ccccc1. The summed E-state index contributed by atoms with van der Waals surface area (Å²) in [4.78, 5) is 25.5. The molecule has 1 aliphatic rings. The van der Waals surface area contributed by atoms with Crippen LogP contribution in [0.25, 0.3) is 0 Å². The van der Waals surface area contributed by atoms with E-state index in [1.807, 2.05) is 31.2 Å². The molecular formula is C23H26O4. The van der Waals surface area contributed by atoms with Crippen LogP contribution in [0.5, 0.6) is 0 Å². The number of esters is 2. The fourth-order valence-corrected chi connectivity index (χ4v) is 3.89. The van der Waals surface area contributed by atoms with Gasteiger partial charge in [-0.05, 0) is 56.7 Å². The zero-order valence-corrected chi connectivity index (χ0v) is 15.7. The molecular weight excluding hydrogens is 340 g/mol. The predicted molar refractivity (Wildman–Crippen MR) is 103 cm³/mol. The van der Waals surface area contributed by atoms with Crippen LogP contribution in [0.3, 0.4) is 0 Å². The molecule has 0 aliphatic heterocycles. The second-order valence-electron chi connectivity index (χ2n) is 7.01. The second kappa shape index (κ2) is 8.85. The van der Waals surface area contributed by atoms with Crippen LogP contribution < -0.4 is 0 Å². The van der Waals surface area contributed by atoms with Crippen molar-refractivity contribution in [2.24, 2.45) is 5.41 Å².